The van der Waals surface area contributed by atoms with Crippen LogP contribution in [0.4, 0.5) is 4.39 Å². The minimum Gasteiger partial charge on any atom is -0.308 e. The Hall–Kier alpha value is -1.03. The molecule has 0 amide bonds. The predicted molar refractivity (Wildman–Crippen MR) is 88.6 cm³/mol. The second kappa shape index (κ2) is 6.82. The second-order valence-electron chi connectivity index (χ2n) is 5.91. The molecule has 0 atom stereocenters. The van der Waals surface area contributed by atoms with Gasteiger partial charge in [0.2, 0.25) is 0 Å². The van der Waals surface area contributed by atoms with E-state index in [0.717, 1.165) is 16.3 Å². The van der Waals surface area contributed by atoms with E-state index in [1.54, 1.807) is 23.9 Å². The minimum absolute atomic E-state index is 0.0530. The van der Waals surface area contributed by atoms with Crippen molar-refractivity contribution in [1.29, 1.82) is 0 Å². The molecule has 2 aromatic rings. The maximum Gasteiger partial charge on any atom is 0.123 e. The Morgan fingerprint density at radius 3 is 2.38 bits per heavy atom. The van der Waals surface area contributed by atoms with Crippen molar-refractivity contribution >= 4 is 23.4 Å². The predicted octanol–water partition coefficient (Wildman–Crippen LogP) is 5.52. The van der Waals surface area contributed by atoms with Crippen molar-refractivity contribution < 1.29 is 4.39 Å². The molecular formula is C17H19ClFNS. The van der Waals surface area contributed by atoms with Gasteiger partial charge >= 0.3 is 0 Å². The van der Waals surface area contributed by atoms with Crippen LogP contribution in [-0.4, -0.2) is 5.54 Å². The fourth-order valence-corrected chi connectivity index (χ4v) is 2.98. The standard InChI is InChI=1S/C17H19ClFNS/c1-17(2,3)20-11-12-4-5-13(18)10-16(12)21-15-8-6-14(19)7-9-15/h4-10,20H,11H2,1-3H3. The Balaban J connectivity index is 2.20. The first-order valence-corrected chi connectivity index (χ1v) is 8.00. The van der Waals surface area contributed by atoms with Crippen molar-refractivity contribution in [3.8, 4) is 0 Å². The van der Waals surface area contributed by atoms with Gasteiger partial charge in [-0.2, -0.15) is 0 Å². The summed E-state index contributed by atoms with van der Waals surface area (Å²) in [6.45, 7) is 7.17. The van der Waals surface area contributed by atoms with Crippen molar-refractivity contribution in [3.05, 3.63) is 58.9 Å². The van der Waals surface area contributed by atoms with Gasteiger partial charge < -0.3 is 5.32 Å². The van der Waals surface area contributed by atoms with Gasteiger partial charge in [-0.25, -0.2) is 4.39 Å². The smallest absolute Gasteiger partial charge is 0.123 e. The molecule has 0 saturated carbocycles. The van der Waals surface area contributed by atoms with E-state index < -0.39 is 0 Å². The molecule has 0 bridgehead atoms. The van der Waals surface area contributed by atoms with Crippen molar-refractivity contribution in [2.75, 3.05) is 0 Å². The van der Waals surface area contributed by atoms with Crippen LogP contribution in [0.2, 0.25) is 5.02 Å². The zero-order chi connectivity index (χ0) is 15.5. The van der Waals surface area contributed by atoms with Crippen LogP contribution in [0.15, 0.2) is 52.3 Å². The monoisotopic (exact) mass is 323 g/mol. The van der Waals surface area contributed by atoms with Gasteiger partial charge in [0.1, 0.15) is 5.82 Å². The second-order valence-corrected chi connectivity index (χ2v) is 7.46. The summed E-state index contributed by atoms with van der Waals surface area (Å²) in [5.41, 5.74) is 1.24. The lowest BCUT2D eigenvalue weighted by Crippen LogP contribution is -2.35. The highest BCUT2D eigenvalue weighted by Gasteiger charge is 2.11. The van der Waals surface area contributed by atoms with E-state index in [1.807, 2.05) is 18.2 Å². The van der Waals surface area contributed by atoms with Crippen LogP contribution < -0.4 is 5.32 Å². The van der Waals surface area contributed by atoms with Crippen LogP contribution in [0.5, 0.6) is 0 Å². The lowest BCUT2D eigenvalue weighted by molar-refractivity contribution is 0.422. The maximum atomic E-state index is 13.0. The quantitative estimate of drug-likeness (QED) is 0.795. The van der Waals surface area contributed by atoms with Gasteiger partial charge in [-0.15, -0.1) is 0 Å². The molecule has 0 saturated heterocycles. The molecule has 2 aromatic carbocycles. The molecule has 4 heteroatoms. The molecule has 1 N–H and O–H groups in total. The molecule has 0 fully saturated rings. The van der Waals surface area contributed by atoms with Gasteiger partial charge in [-0.05, 0) is 62.7 Å². The molecule has 112 valence electrons. The summed E-state index contributed by atoms with van der Waals surface area (Å²) in [4.78, 5) is 2.08. The summed E-state index contributed by atoms with van der Waals surface area (Å²) >= 11 is 7.70. The normalized spacial score (nSPS) is 11.7. The van der Waals surface area contributed by atoms with Crippen LogP contribution >= 0.6 is 23.4 Å². The molecule has 2 rings (SSSR count). The number of hydrogen-bond acceptors (Lipinski definition) is 2. The van der Waals surface area contributed by atoms with E-state index in [9.17, 15) is 4.39 Å². The van der Waals surface area contributed by atoms with Gasteiger partial charge in [0.05, 0.1) is 0 Å². The molecule has 0 aliphatic rings. The highest BCUT2D eigenvalue weighted by atomic mass is 35.5. The fraction of sp³-hybridized carbons (Fsp3) is 0.294. The summed E-state index contributed by atoms with van der Waals surface area (Å²) in [6, 6.07) is 12.4. The van der Waals surface area contributed by atoms with Crippen LogP contribution in [0.1, 0.15) is 26.3 Å². The molecule has 0 aliphatic heterocycles. The van der Waals surface area contributed by atoms with E-state index in [-0.39, 0.29) is 11.4 Å². The van der Waals surface area contributed by atoms with Crippen LogP contribution in [-0.2, 0) is 6.54 Å². The minimum atomic E-state index is -0.222. The first kappa shape index (κ1) is 16.3. The summed E-state index contributed by atoms with van der Waals surface area (Å²) < 4.78 is 13.0. The van der Waals surface area contributed by atoms with E-state index in [0.29, 0.717) is 5.02 Å². The molecule has 21 heavy (non-hydrogen) atoms. The summed E-state index contributed by atoms with van der Waals surface area (Å²) in [6.07, 6.45) is 0. The third kappa shape index (κ3) is 5.34. The van der Waals surface area contributed by atoms with Crippen LogP contribution in [0.3, 0.4) is 0 Å². The molecular weight excluding hydrogens is 305 g/mol. The van der Waals surface area contributed by atoms with E-state index in [2.05, 4.69) is 26.1 Å². The molecule has 1 nitrogen and oxygen atoms in total. The Morgan fingerprint density at radius 1 is 1.10 bits per heavy atom. The summed E-state index contributed by atoms with van der Waals surface area (Å²) in [5.74, 6) is -0.222. The Bertz CT molecular complexity index is 605. The van der Waals surface area contributed by atoms with Gasteiger partial charge in [0.15, 0.2) is 0 Å². The lowest BCUT2D eigenvalue weighted by atomic mass is 10.1. The fourth-order valence-electron chi connectivity index (χ4n) is 1.76. The molecule has 0 spiro atoms. The van der Waals surface area contributed by atoms with Crippen molar-refractivity contribution in [1.82, 2.24) is 5.32 Å². The van der Waals surface area contributed by atoms with Gasteiger partial charge in [0.25, 0.3) is 0 Å². The third-order valence-corrected chi connectivity index (χ3v) is 4.22. The SMILES string of the molecule is CC(C)(C)NCc1ccc(Cl)cc1Sc1ccc(F)cc1. The van der Waals surface area contributed by atoms with Gasteiger partial charge in [-0.1, -0.05) is 29.4 Å². The molecule has 0 radical (unpaired) electrons. The van der Waals surface area contributed by atoms with Crippen molar-refractivity contribution in [3.63, 3.8) is 0 Å². The number of benzene rings is 2. The Kier molecular flexibility index (Phi) is 5.31. The maximum absolute atomic E-state index is 13.0. The number of rotatable bonds is 4. The van der Waals surface area contributed by atoms with Gasteiger partial charge in [0, 0.05) is 26.9 Å². The highest BCUT2D eigenvalue weighted by Crippen LogP contribution is 2.32. The highest BCUT2D eigenvalue weighted by molar-refractivity contribution is 7.99. The zero-order valence-corrected chi connectivity index (χ0v) is 14.0. The first-order chi connectivity index (χ1) is 9.83. The average molecular weight is 324 g/mol. The summed E-state index contributed by atoms with van der Waals surface area (Å²) in [5, 5.41) is 4.18. The van der Waals surface area contributed by atoms with E-state index >= 15 is 0 Å². The molecule has 0 aromatic heterocycles. The number of halogens is 2. The summed E-state index contributed by atoms with van der Waals surface area (Å²) in [7, 11) is 0. The Morgan fingerprint density at radius 2 is 1.76 bits per heavy atom. The lowest BCUT2D eigenvalue weighted by Gasteiger charge is -2.21. The molecule has 0 unspecified atom stereocenters. The largest absolute Gasteiger partial charge is 0.308 e. The number of nitrogens with one attached hydrogen (secondary N) is 1. The van der Waals surface area contributed by atoms with Crippen LogP contribution in [0, 0.1) is 5.82 Å². The Labute approximate surface area is 134 Å². The van der Waals surface area contributed by atoms with E-state index in [1.165, 1.54) is 17.7 Å². The van der Waals surface area contributed by atoms with Crippen LogP contribution in [0.25, 0.3) is 0 Å². The number of hydrogen-bond donors (Lipinski definition) is 1. The van der Waals surface area contributed by atoms with Gasteiger partial charge in [-0.3, -0.25) is 0 Å². The molecule has 0 aliphatic carbocycles. The topological polar surface area (TPSA) is 12.0 Å². The zero-order valence-electron chi connectivity index (χ0n) is 12.4. The third-order valence-electron chi connectivity index (χ3n) is 2.88. The molecule has 0 heterocycles. The van der Waals surface area contributed by atoms with Crippen molar-refractivity contribution in [2.45, 2.75) is 42.6 Å². The first-order valence-electron chi connectivity index (χ1n) is 6.80. The van der Waals surface area contributed by atoms with E-state index in [4.69, 9.17) is 11.6 Å². The van der Waals surface area contributed by atoms with Crippen molar-refractivity contribution in [2.24, 2.45) is 0 Å². The average Bonchev–Trinajstić information content (AvgIpc) is 2.39.